The summed E-state index contributed by atoms with van der Waals surface area (Å²) in [6.45, 7) is 0. The molecule has 294 valence electrons. The molecule has 0 bridgehead atoms. The molecule has 0 spiro atoms. The number of fused-ring (bicyclic) bond motifs is 9. The van der Waals surface area contributed by atoms with Crippen LogP contribution in [0, 0.1) is 0 Å². The summed E-state index contributed by atoms with van der Waals surface area (Å²) in [6, 6.07) is 80.1. The molecule has 9 aromatic carbocycles. The minimum atomic E-state index is 0.869. The highest BCUT2D eigenvalue weighted by Crippen LogP contribution is 2.41. The molecule has 63 heavy (non-hydrogen) atoms. The maximum Gasteiger partial charge on any atom is 0.145 e. The van der Waals surface area contributed by atoms with Gasteiger partial charge in [0.2, 0.25) is 0 Å². The highest BCUT2D eigenvalue weighted by molar-refractivity contribution is 6.13. The Labute approximate surface area is 363 Å². The molecule has 0 aliphatic carbocycles. The lowest BCUT2D eigenvalue weighted by Crippen LogP contribution is -2.00. The number of benzene rings is 9. The zero-order valence-electron chi connectivity index (χ0n) is 34.1. The first kappa shape index (κ1) is 35.2. The molecule has 0 atom stereocenters. The van der Waals surface area contributed by atoms with Crippen molar-refractivity contribution in [3.05, 3.63) is 224 Å². The van der Waals surface area contributed by atoms with Crippen molar-refractivity contribution >= 4 is 65.5 Å². The molecular weight excluding hydrogens is 767 g/mol. The van der Waals surface area contributed by atoms with Crippen LogP contribution in [-0.4, -0.2) is 23.7 Å². The maximum atomic E-state index is 5.47. The highest BCUT2D eigenvalue weighted by atomic mass is 15.1. The molecule has 0 radical (unpaired) electrons. The van der Waals surface area contributed by atoms with Crippen molar-refractivity contribution in [2.45, 2.75) is 0 Å². The first-order valence-corrected chi connectivity index (χ1v) is 21.4. The van der Waals surface area contributed by atoms with Gasteiger partial charge in [-0.1, -0.05) is 133 Å². The van der Waals surface area contributed by atoms with Gasteiger partial charge in [0.05, 0.1) is 33.3 Å². The zero-order chi connectivity index (χ0) is 41.4. The zero-order valence-corrected chi connectivity index (χ0v) is 34.1. The molecule has 0 fully saturated rings. The van der Waals surface area contributed by atoms with Crippen LogP contribution < -0.4 is 0 Å². The number of nitrogens with zero attached hydrogens (tertiary/aromatic N) is 5. The number of rotatable bonds is 6. The normalized spacial score (nSPS) is 11.8. The van der Waals surface area contributed by atoms with Gasteiger partial charge in [-0.25, -0.2) is 9.97 Å². The molecule has 13 aromatic rings. The fourth-order valence-corrected chi connectivity index (χ4v) is 9.79. The lowest BCUT2D eigenvalue weighted by molar-refractivity contribution is 1.10. The van der Waals surface area contributed by atoms with E-state index in [4.69, 9.17) is 9.97 Å². The third-order valence-electron chi connectivity index (χ3n) is 12.6. The van der Waals surface area contributed by atoms with Crippen molar-refractivity contribution in [1.82, 2.24) is 23.7 Å². The number of para-hydroxylation sites is 5. The molecule has 0 saturated carbocycles. The highest BCUT2D eigenvalue weighted by Gasteiger charge is 2.23. The Morgan fingerprint density at radius 1 is 0.286 bits per heavy atom. The molecule has 4 heterocycles. The van der Waals surface area contributed by atoms with Gasteiger partial charge in [0, 0.05) is 55.1 Å². The van der Waals surface area contributed by atoms with E-state index in [1.807, 2.05) is 12.1 Å². The van der Waals surface area contributed by atoms with Crippen molar-refractivity contribution in [3.63, 3.8) is 0 Å². The van der Waals surface area contributed by atoms with Gasteiger partial charge >= 0.3 is 0 Å². The summed E-state index contributed by atoms with van der Waals surface area (Å²) in [5.41, 5.74) is 16.2. The van der Waals surface area contributed by atoms with Crippen LogP contribution in [0.3, 0.4) is 0 Å². The molecule has 0 unspecified atom stereocenters. The summed E-state index contributed by atoms with van der Waals surface area (Å²) in [5.74, 6) is 0.869. The topological polar surface area (TPSA) is 40.6 Å². The summed E-state index contributed by atoms with van der Waals surface area (Å²) in [5, 5.41) is 5.97. The first-order valence-electron chi connectivity index (χ1n) is 21.4. The van der Waals surface area contributed by atoms with E-state index in [9.17, 15) is 0 Å². The Bertz CT molecular complexity index is 3880. The fraction of sp³-hybridized carbons (Fsp3) is 0. The Morgan fingerprint density at radius 3 is 1.32 bits per heavy atom. The van der Waals surface area contributed by atoms with E-state index < -0.39 is 0 Å². The van der Waals surface area contributed by atoms with Crippen LogP contribution in [0.2, 0.25) is 0 Å². The van der Waals surface area contributed by atoms with E-state index in [0.29, 0.717) is 0 Å². The third-order valence-corrected chi connectivity index (χ3v) is 12.6. The van der Waals surface area contributed by atoms with Gasteiger partial charge in [-0.2, -0.15) is 0 Å². The average molecular weight is 804 g/mol. The quantitative estimate of drug-likeness (QED) is 0.168. The number of hydrogen-bond donors (Lipinski definition) is 0. The Kier molecular flexibility index (Phi) is 7.84. The molecule has 0 saturated heterocycles. The van der Waals surface area contributed by atoms with Crippen molar-refractivity contribution in [3.8, 4) is 50.8 Å². The van der Waals surface area contributed by atoms with Crippen LogP contribution in [0.4, 0.5) is 0 Å². The fourth-order valence-electron chi connectivity index (χ4n) is 9.79. The predicted molar refractivity (Wildman–Crippen MR) is 261 cm³/mol. The van der Waals surface area contributed by atoms with Crippen LogP contribution >= 0.6 is 0 Å². The Morgan fingerprint density at radius 2 is 0.730 bits per heavy atom. The lowest BCUT2D eigenvalue weighted by atomic mass is 10.0. The first-order chi connectivity index (χ1) is 31.3. The standard InChI is InChI=1S/C58H37N5/c1-4-16-38(17-5-1)55-57-56(47-24-10-13-25-50(47)59-55)60-58(63(57)43-20-8-3-9-21-43)39-28-32-44(33-29-39)62-52-27-15-12-23-46(52)49-37-41(31-35-54(49)62)40-30-34-53-48(36-40)45-22-11-14-26-51(45)61(53)42-18-6-2-7-19-42/h1-37H. The SMILES string of the molecule is c1ccc(-c2nc3ccccc3c3nc(-c4ccc(-n5c6ccccc6c6cc(-c7ccc8c(c7)c7ccccc7n8-c7ccccc7)ccc65)cc4)n(-c4ccccc4)c23)cc1. The van der Waals surface area contributed by atoms with Gasteiger partial charge in [-0.3, -0.25) is 4.57 Å². The Hall–Kier alpha value is -8.54. The maximum absolute atomic E-state index is 5.47. The van der Waals surface area contributed by atoms with Gasteiger partial charge in [0.1, 0.15) is 16.9 Å². The van der Waals surface area contributed by atoms with Crippen molar-refractivity contribution < 1.29 is 0 Å². The van der Waals surface area contributed by atoms with Crippen LogP contribution in [0.25, 0.3) is 116 Å². The van der Waals surface area contributed by atoms with E-state index in [1.165, 1.54) is 49.2 Å². The van der Waals surface area contributed by atoms with Crippen molar-refractivity contribution in [1.29, 1.82) is 0 Å². The third kappa shape index (κ3) is 5.50. The van der Waals surface area contributed by atoms with E-state index in [-0.39, 0.29) is 0 Å². The number of imidazole rings is 1. The second-order valence-corrected chi connectivity index (χ2v) is 16.2. The Balaban J connectivity index is 0.955. The molecule has 0 aliphatic heterocycles. The predicted octanol–water partition coefficient (Wildman–Crippen LogP) is 14.8. The monoisotopic (exact) mass is 803 g/mol. The molecule has 5 nitrogen and oxygen atoms in total. The second kappa shape index (κ2) is 14.0. The largest absolute Gasteiger partial charge is 0.309 e. The lowest BCUT2D eigenvalue weighted by Gasteiger charge is -2.13. The summed E-state index contributed by atoms with van der Waals surface area (Å²) >= 11 is 0. The van der Waals surface area contributed by atoms with Gasteiger partial charge in [0.15, 0.2) is 0 Å². The molecule has 13 rings (SSSR count). The molecule has 0 N–H and O–H groups in total. The molecule has 4 aromatic heterocycles. The summed E-state index contributed by atoms with van der Waals surface area (Å²) in [7, 11) is 0. The van der Waals surface area contributed by atoms with E-state index in [2.05, 4.69) is 226 Å². The summed E-state index contributed by atoms with van der Waals surface area (Å²) in [4.78, 5) is 10.7. The second-order valence-electron chi connectivity index (χ2n) is 16.2. The number of pyridine rings is 1. The number of hydrogen-bond acceptors (Lipinski definition) is 2. The van der Waals surface area contributed by atoms with Crippen LogP contribution in [-0.2, 0) is 0 Å². The minimum Gasteiger partial charge on any atom is -0.309 e. The van der Waals surface area contributed by atoms with Crippen LogP contribution in [0.15, 0.2) is 224 Å². The summed E-state index contributed by atoms with van der Waals surface area (Å²) < 4.78 is 7.04. The van der Waals surface area contributed by atoms with E-state index in [0.717, 1.165) is 67.2 Å². The van der Waals surface area contributed by atoms with Crippen LogP contribution in [0.1, 0.15) is 0 Å². The molecule has 0 aliphatic rings. The van der Waals surface area contributed by atoms with Gasteiger partial charge in [0.25, 0.3) is 0 Å². The molecule has 5 heteroatoms. The van der Waals surface area contributed by atoms with E-state index >= 15 is 0 Å². The molecular formula is C58H37N5. The minimum absolute atomic E-state index is 0.869. The summed E-state index contributed by atoms with van der Waals surface area (Å²) in [6.07, 6.45) is 0. The van der Waals surface area contributed by atoms with Gasteiger partial charge < -0.3 is 9.13 Å². The van der Waals surface area contributed by atoms with Crippen molar-refractivity contribution in [2.75, 3.05) is 0 Å². The smallest absolute Gasteiger partial charge is 0.145 e. The number of aromatic nitrogens is 5. The van der Waals surface area contributed by atoms with Crippen LogP contribution in [0.5, 0.6) is 0 Å². The van der Waals surface area contributed by atoms with Gasteiger partial charge in [-0.15, -0.1) is 0 Å². The molecule has 0 amide bonds. The average Bonchev–Trinajstić information content (AvgIpc) is 4.03. The van der Waals surface area contributed by atoms with Gasteiger partial charge in [-0.05, 0) is 102 Å². The van der Waals surface area contributed by atoms with Crippen molar-refractivity contribution in [2.24, 2.45) is 0 Å². The van der Waals surface area contributed by atoms with E-state index in [1.54, 1.807) is 0 Å².